The number of aliphatic imine (C=N–C) groups is 1. The van der Waals surface area contributed by atoms with Crippen molar-refractivity contribution in [3.05, 3.63) is 29.8 Å². The number of para-hydroxylation sites is 1. The van der Waals surface area contributed by atoms with Gasteiger partial charge in [0.25, 0.3) is 0 Å². The fraction of sp³-hybridized carbons (Fsp3) is 0.588. The van der Waals surface area contributed by atoms with E-state index < -0.39 is 6.61 Å². The van der Waals surface area contributed by atoms with Gasteiger partial charge in [0.1, 0.15) is 5.75 Å². The van der Waals surface area contributed by atoms with Crippen LogP contribution in [0.25, 0.3) is 0 Å². The van der Waals surface area contributed by atoms with E-state index in [1.54, 1.807) is 18.2 Å². The highest BCUT2D eigenvalue weighted by atomic mass is 127. The lowest BCUT2D eigenvalue weighted by Crippen LogP contribution is -2.39. The molecule has 0 bridgehead atoms. The van der Waals surface area contributed by atoms with E-state index in [1.807, 2.05) is 6.92 Å². The molecule has 0 amide bonds. The van der Waals surface area contributed by atoms with Gasteiger partial charge < -0.3 is 20.1 Å². The van der Waals surface area contributed by atoms with Crippen LogP contribution in [0.4, 0.5) is 8.78 Å². The van der Waals surface area contributed by atoms with Crippen LogP contribution in [0.5, 0.6) is 5.75 Å². The second-order valence-electron chi connectivity index (χ2n) is 5.63. The number of halogens is 3. The van der Waals surface area contributed by atoms with E-state index in [1.165, 1.54) is 18.9 Å². The Bertz CT molecular complexity index is 528. The van der Waals surface area contributed by atoms with E-state index in [4.69, 9.17) is 4.74 Å². The average molecular weight is 469 g/mol. The Balaban J connectivity index is 0.00000312. The van der Waals surface area contributed by atoms with Gasteiger partial charge in [-0.1, -0.05) is 18.2 Å². The molecular formula is C17H26F2IN3O2. The van der Waals surface area contributed by atoms with Crippen molar-refractivity contribution < 1.29 is 18.3 Å². The summed E-state index contributed by atoms with van der Waals surface area (Å²) >= 11 is 0. The quantitative estimate of drug-likeness (QED) is 0.239. The predicted octanol–water partition coefficient (Wildman–Crippen LogP) is 3.39. The maximum absolute atomic E-state index is 12.4. The number of rotatable bonds is 10. The molecule has 2 N–H and O–H groups in total. The summed E-state index contributed by atoms with van der Waals surface area (Å²) in [5.41, 5.74) is 0.611. The van der Waals surface area contributed by atoms with E-state index in [-0.39, 0.29) is 36.3 Å². The van der Waals surface area contributed by atoms with Crippen LogP contribution in [0, 0.1) is 5.92 Å². The molecule has 1 aromatic rings. The van der Waals surface area contributed by atoms with E-state index in [0.29, 0.717) is 31.2 Å². The van der Waals surface area contributed by atoms with Gasteiger partial charge in [-0.05, 0) is 31.7 Å². The van der Waals surface area contributed by atoms with Crippen molar-refractivity contribution in [2.24, 2.45) is 10.9 Å². The first kappa shape index (κ1) is 21.9. The summed E-state index contributed by atoms with van der Waals surface area (Å²) in [6, 6.07) is 6.67. The zero-order valence-corrected chi connectivity index (χ0v) is 16.7. The summed E-state index contributed by atoms with van der Waals surface area (Å²) in [5.74, 6) is 1.53. The molecule has 142 valence electrons. The monoisotopic (exact) mass is 469 g/mol. The molecule has 0 aliphatic heterocycles. The summed E-state index contributed by atoms with van der Waals surface area (Å²) in [7, 11) is 0. The second-order valence-corrected chi connectivity index (χ2v) is 5.63. The molecule has 0 spiro atoms. The predicted molar refractivity (Wildman–Crippen MR) is 105 cm³/mol. The first-order valence-electron chi connectivity index (χ1n) is 8.31. The van der Waals surface area contributed by atoms with E-state index in [2.05, 4.69) is 20.4 Å². The van der Waals surface area contributed by atoms with Gasteiger partial charge in [-0.15, -0.1) is 24.0 Å². The molecule has 0 saturated heterocycles. The number of nitrogens with one attached hydrogen (secondary N) is 2. The molecule has 1 saturated carbocycles. The number of hydrogen-bond acceptors (Lipinski definition) is 3. The summed E-state index contributed by atoms with van der Waals surface area (Å²) < 4.78 is 34.9. The van der Waals surface area contributed by atoms with Gasteiger partial charge in [0.15, 0.2) is 5.96 Å². The molecule has 25 heavy (non-hydrogen) atoms. The van der Waals surface area contributed by atoms with Crippen molar-refractivity contribution in [2.45, 2.75) is 32.9 Å². The van der Waals surface area contributed by atoms with Gasteiger partial charge in [-0.3, -0.25) is 0 Å². The normalized spacial score (nSPS) is 14.2. The lowest BCUT2D eigenvalue weighted by Gasteiger charge is -2.13. The molecule has 0 radical (unpaired) electrons. The lowest BCUT2D eigenvalue weighted by molar-refractivity contribution is -0.0504. The third kappa shape index (κ3) is 9.20. The molecule has 1 aliphatic carbocycles. The van der Waals surface area contributed by atoms with Crippen LogP contribution in [0.2, 0.25) is 0 Å². The molecule has 0 aromatic heterocycles. The molecule has 8 heteroatoms. The summed E-state index contributed by atoms with van der Waals surface area (Å²) in [4.78, 5) is 4.41. The minimum absolute atomic E-state index is 0. The smallest absolute Gasteiger partial charge is 0.387 e. The van der Waals surface area contributed by atoms with Crippen LogP contribution < -0.4 is 15.4 Å². The number of alkyl halides is 2. The molecule has 0 heterocycles. The first-order valence-corrected chi connectivity index (χ1v) is 8.31. The maximum atomic E-state index is 12.4. The van der Waals surface area contributed by atoms with Crippen LogP contribution in [-0.2, 0) is 11.3 Å². The highest BCUT2D eigenvalue weighted by Gasteiger charge is 2.20. The third-order valence-electron chi connectivity index (χ3n) is 3.53. The number of nitrogens with zero attached hydrogens (tertiary/aromatic N) is 1. The van der Waals surface area contributed by atoms with Gasteiger partial charge in [0.2, 0.25) is 0 Å². The molecule has 5 nitrogen and oxygen atoms in total. The molecule has 2 rings (SSSR count). The lowest BCUT2D eigenvalue weighted by atomic mass is 10.2. The van der Waals surface area contributed by atoms with Gasteiger partial charge in [0, 0.05) is 25.3 Å². The summed E-state index contributed by atoms with van der Waals surface area (Å²) in [6.07, 6.45) is 2.55. The van der Waals surface area contributed by atoms with E-state index >= 15 is 0 Å². The van der Waals surface area contributed by atoms with Crippen molar-refractivity contribution in [3.63, 3.8) is 0 Å². The molecule has 0 atom stereocenters. The molecule has 1 aliphatic rings. The highest BCUT2D eigenvalue weighted by molar-refractivity contribution is 14.0. The van der Waals surface area contributed by atoms with Crippen LogP contribution in [-0.4, -0.2) is 38.9 Å². The summed E-state index contributed by atoms with van der Waals surface area (Å²) in [5, 5.41) is 6.29. The van der Waals surface area contributed by atoms with Crippen LogP contribution in [0.1, 0.15) is 25.3 Å². The number of hydrogen-bond donors (Lipinski definition) is 2. The van der Waals surface area contributed by atoms with Crippen molar-refractivity contribution in [1.82, 2.24) is 10.6 Å². The van der Waals surface area contributed by atoms with Crippen molar-refractivity contribution in [3.8, 4) is 5.75 Å². The fourth-order valence-electron chi connectivity index (χ4n) is 2.13. The topological polar surface area (TPSA) is 54.9 Å². The SMILES string of the molecule is CCNC(=NCc1ccccc1OC(F)F)NCCOCC1CC1.I. The van der Waals surface area contributed by atoms with E-state index in [9.17, 15) is 8.78 Å². The largest absolute Gasteiger partial charge is 0.434 e. The standard InChI is InChI=1S/C17H25F2N3O2.HI/c1-2-20-17(21-9-10-23-12-13-7-8-13)22-11-14-5-3-4-6-15(14)24-16(18)19;/h3-6,13,16H,2,7-12H2,1H3,(H2,20,21,22);1H. The van der Waals surface area contributed by atoms with Gasteiger partial charge in [0.05, 0.1) is 13.2 Å². The van der Waals surface area contributed by atoms with Gasteiger partial charge in [-0.2, -0.15) is 8.78 Å². The Morgan fingerprint density at radius 2 is 2.04 bits per heavy atom. The first-order chi connectivity index (χ1) is 11.7. The van der Waals surface area contributed by atoms with Crippen LogP contribution >= 0.6 is 24.0 Å². The van der Waals surface area contributed by atoms with Crippen molar-refractivity contribution in [1.29, 1.82) is 0 Å². The second kappa shape index (κ2) is 12.2. The van der Waals surface area contributed by atoms with Crippen molar-refractivity contribution >= 4 is 29.9 Å². The Labute approximate surface area is 164 Å². The average Bonchev–Trinajstić information content (AvgIpc) is 3.37. The van der Waals surface area contributed by atoms with Crippen molar-refractivity contribution in [2.75, 3.05) is 26.3 Å². The van der Waals surface area contributed by atoms with Gasteiger partial charge >= 0.3 is 6.61 Å². The zero-order chi connectivity index (χ0) is 17.2. The minimum atomic E-state index is -2.84. The summed E-state index contributed by atoms with van der Waals surface area (Å²) in [6.45, 7) is 2.18. The molecule has 0 unspecified atom stereocenters. The molecule has 1 fully saturated rings. The highest BCUT2D eigenvalue weighted by Crippen LogP contribution is 2.28. The number of benzene rings is 1. The van der Waals surface area contributed by atoms with Crippen LogP contribution in [0.15, 0.2) is 29.3 Å². The number of ether oxygens (including phenoxy) is 2. The minimum Gasteiger partial charge on any atom is -0.434 e. The molecule has 1 aromatic carbocycles. The Morgan fingerprint density at radius 3 is 2.72 bits per heavy atom. The Morgan fingerprint density at radius 1 is 1.28 bits per heavy atom. The Hall–Kier alpha value is -1.16. The number of guanidine groups is 1. The van der Waals surface area contributed by atoms with Gasteiger partial charge in [-0.25, -0.2) is 4.99 Å². The van der Waals surface area contributed by atoms with E-state index in [0.717, 1.165) is 12.5 Å². The fourth-order valence-corrected chi connectivity index (χ4v) is 2.13. The molecular weight excluding hydrogens is 443 g/mol. The Kier molecular flexibility index (Phi) is 10.7. The third-order valence-corrected chi connectivity index (χ3v) is 3.53. The maximum Gasteiger partial charge on any atom is 0.387 e. The zero-order valence-electron chi connectivity index (χ0n) is 14.3. The van der Waals surface area contributed by atoms with Crippen LogP contribution in [0.3, 0.4) is 0 Å².